The molecule has 2 aromatic carbocycles. The standard InChI is InChI=1S/C23H18Cl2N2O2S/c1-13-11-16(15(3)26(13)20-6-4-5-19(25)14(20)2)12-21-22(28)27(23(29)30-21)18-9-7-17(24)8-10-18/h4-12H,1-3H3/b21-12+. The molecule has 1 aliphatic heterocycles. The number of benzene rings is 2. The Morgan fingerprint density at radius 2 is 1.67 bits per heavy atom. The summed E-state index contributed by atoms with van der Waals surface area (Å²) in [6, 6.07) is 14.4. The molecule has 2 amide bonds. The average molecular weight is 457 g/mol. The number of thioether (sulfide) groups is 1. The smallest absolute Gasteiger partial charge is 0.298 e. The number of aromatic nitrogens is 1. The number of amides is 2. The summed E-state index contributed by atoms with van der Waals surface area (Å²) in [4.78, 5) is 27.0. The van der Waals surface area contributed by atoms with Gasteiger partial charge in [-0.25, -0.2) is 4.90 Å². The van der Waals surface area contributed by atoms with Gasteiger partial charge in [0.2, 0.25) is 0 Å². The second-order valence-corrected chi connectivity index (χ2v) is 8.88. The van der Waals surface area contributed by atoms with Crippen LogP contribution in [0.5, 0.6) is 0 Å². The van der Waals surface area contributed by atoms with Crippen molar-refractivity contribution in [3.8, 4) is 5.69 Å². The number of carbonyl (C=O) groups excluding carboxylic acids is 2. The van der Waals surface area contributed by atoms with E-state index in [2.05, 4.69) is 4.57 Å². The Labute approximate surface area is 189 Å². The van der Waals surface area contributed by atoms with E-state index >= 15 is 0 Å². The summed E-state index contributed by atoms with van der Waals surface area (Å²) in [6.07, 6.45) is 1.78. The van der Waals surface area contributed by atoms with E-state index < -0.39 is 0 Å². The van der Waals surface area contributed by atoms with Crippen LogP contribution in [-0.2, 0) is 4.79 Å². The maximum absolute atomic E-state index is 12.9. The quantitative estimate of drug-likeness (QED) is 0.400. The van der Waals surface area contributed by atoms with Crippen molar-refractivity contribution >= 4 is 57.9 Å². The second kappa shape index (κ2) is 7.99. The van der Waals surface area contributed by atoms with E-state index in [9.17, 15) is 9.59 Å². The minimum absolute atomic E-state index is 0.326. The SMILES string of the molecule is Cc1c(Cl)cccc1-n1c(C)cc(/C=C2/SC(=O)N(c3ccc(Cl)cc3)C2=O)c1C. The van der Waals surface area contributed by atoms with E-state index in [0.717, 1.165) is 40.0 Å². The Kier molecular flexibility index (Phi) is 5.53. The molecule has 0 saturated carbocycles. The molecule has 30 heavy (non-hydrogen) atoms. The number of anilines is 1. The highest BCUT2D eigenvalue weighted by Gasteiger charge is 2.36. The van der Waals surface area contributed by atoms with Gasteiger partial charge in [0.25, 0.3) is 11.1 Å². The molecule has 0 radical (unpaired) electrons. The summed E-state index contributed by atoms with van der Waals surface area (Å²) in [5, 5.41) is 0.920. The minimum Gasteiger partial charge on any atom is -0.318 e. The van der Waals surface area contributed by atoms with Gasteiger partial charge in [0.1, 0.15) is 0 Å². The van der Waals surface area contributed by atoms with Gasteiger partial charge in [-0.15, -0.1) is 0 Å². The zero-order chi connectivity index (χ0) is 21.6. The fourth-order valence-corrected chi connectivity index (χ4v) is 4.69. The summed E-state index contributed by atoms with van der Waals surface area (Å²) in [6.45, 7) is 5.97. The van der Waals surface area contributed by atoms with Crippen molar-refractivity contribution in [2.45, 2.75) is 20.8 Å². The van der Waals surface area contributed by atoms with Gasteiger partial charge in [0.05, 0.1) is 10.6 Å². The Bertz CT molecular complexity index is 1210. The lowest BCUT2D eigenvalue weighted by Gasteiger charge is -2.13. The van der Waals surface area contributed by atoms with Gasteiger partial charge in [0.15, 0.2) is 0 Å². The Morgan fingerprint density at radius 1 is 0.967 bits per heavy atom. The van der Waals surface area contributed by atoms with Gasteiger partial charge >= 0.3 is 0 Å². The number of carbonyl (C=O) groups is 2. The van der Waals surface area contributed by atoms with Crippen LogP contribution in [0.1, 0.15) is 22.5 Å². The molecule has 7 heteroatoms. The van der Waals surface area contributed by atoms with Crippen molar-refractivity contribution in [1.29, 1.82) is 0 Å². The van der Waals surface area contributed by atoms with Crippen LogP contribution < -0.4 is 4.90 Å². The lowest BCUT2D eigenvalue weighted by atomic mass is 10.2. The number of hydrogen-bond donors (Lipinski definition) is 0. The fourth-order valence-electron chi connectivity index (χ4n) is 3.56. The first-order valence-corrected chi connectivity index (χ1v) is 10.8. The van der Waals surface area contributed by atoms with E-state index in [-0.39, 0.29) is 11.1 Å². The predicted octanol–water partition coefficient (Wildman–Crippen LogP) is 6.95. The summed E-state index contributed by atoms with van der Waals surface area (Å²) < 4.78 is 2.11. The first kappa shape index (κ1) is 20.8. The van der Waals surface area contributed by atoms with Crippen LogP contribution in [0, 0.1) is 20.8 Å². The first-order valence-electron chi connectivity index (χ1n) is 9.26. The molecule has 4 rings (SSSR count). The topological polar surface area (TPSA) is 42.3 Å². The van der Waals surface area contributed by atoms with Gasteiger partial charge in [-0.2, -0.15) is 0 Å². The molecule has 1 aliphatic rings. The van der Waals surface area contributed by atoms with Crippen LogP contribution in [-0.4, -0.2) is 15.7 Å². The third-order valence-electron chi connectivity index (χ3n) is 5.12. The van der Waals surface area contributed by atoms with Gasteiger partial charge in [0, 0.05) is 27.1 Å². The molecule has 2 heterocycles. The van der Waals surface area contributed by atoms with E-state index in [1.807, 2.05) is 45.0 Å². The highest BCUT2D eigenvalue weighted by molar-refractivity contribution is 8.19. The number of aryl methyl sites for hydroxylation is 1. The molecule has 1 fully saturated rings. The predicted molar refractivity (Wildman–Crippen MR) is 125 cm³/mol. The first-order chi connectivity index (χ1) is 14.3. The largest absolute Gasteiger partial charge is 0.318 e. The lowest BCUT2D eigenvalue weighted by molar-refractivity contribution is -0.113. The Hall–Kier alpha value is -2.47. The molecule has 1 aromatic heterocycles. The summed E-state index contributed by atoms with van der Waals surface area (Å²) in [5.41, 5.74) is 5.35. The van der Waals surface area contributed by atoms with E-state index in [1.54, 1.807) is 30.3 Å². The third-order valence-corrected chi connectivity index (χ3v) is 6.65. The van der Waals surface area contributed by atoms with Crippen LogP contribution >= 0.6 is 35.0 Å². The molecule has 0 aliphatic carbocycles. The van der Waals surface area contributed by atoms with E-state index in [1.165, 1.54) is 4.90 Å². The molecule has 0 atom stereocenters. The van der Waals surface area contributed by atoms with Crippen LogP contribution in [0.25, 0.3) is 11.8 Å². The maximum Gasteiger partial charge on any atom is 0.298 e. The maximum atomic E-state index is 12.9. The molecule has 0 unspecified atom stereocenters. The highest BCUT2D eigenvalue weighted by Crippen LogP contribution is 2.37. The minimum atomic E-state index is -0.337. The van der Waals surface area contributed by atoms with Crippen molar-refractivity contribution < 1.29 is 9.59 Å². The third kappa shape index (κ3) is 3.58. The lowest BCUT2D eigenvalue weighted by Crippen LogP contribution is -2.27. The van der Waals surface area contributed by atoms with E-state index in [4.69, 9.17) is 23.2 Å². The zero-order valence-electron chi connectivity index (χ0n) is 16.6. The number of halogens is 2. The van der Waals surface area contributed by atoms with Crippen molar-refractivity contribution in [2.24, 2.45) is 0 Å². The summed E-state index contributed by atoms with van der Waals surface area (Å²) in [5.74, 6) is -0.337. The van der Waals surface area contributed by atoms with Crippen molar-refractivity contribution in [2.75, 3.05) is 4.90 Å². The van der Waals surface area contributed by atoms with Crippen LogP contribution in [0.15, 0.2) is 53.4 Å². The summed E-state index contributed by atoms with van der Waals surface area (Å²) >= 11 is 13.2. The number of nitrogens with zero attached hydrogens (tertiary/aromatic N) is 2. The fraction of sp³-hybridized carbons (Fsp3) is 0.130. The van der Waals surface area contributed by atoms with Gasteiger partial charge in [-0.1, -0.05) is 29.3 Å². The highest BCUT2D eigenvalue weighted by atomic mass is 35.5. The Balaban J connectivity index is 1.72. The molecule has 4 nitrogen and oxygen atoms in total. The molecule has 3 aromatic rings. The van der Waals surface area contributed by atoms with Crippen molar-refractivity contribution in [1.82, 2.24) is 4.57 Å². The molecule has 152 valence electrons. The van der Waals surface area contributed by atoms with Gasteiger partial charge in [-0.3, -0.25) is 9.59 Å². The number of rotatable bonds is 3. The molecule has 0 bridgehead atoms. The van der Waals surface area contributed by atoms with Crippen molar-refractivity contribution in [3.63, 3.8) is 0 Å². The molecule has 0 spiro atoms. The van der Waals surface area contributed by atoms with Crippen LogP contribution in [0.3, 0.4) is 0 Å². The molecular formula is C23H18Cl2N2O2S. The monoisotopic (exact) mass is 456 g/mol. The average Bonchev–Trinajstić information content (AvgIpc) is 3.14. The van der Waals surface area contributed by atoms with Crippen molar-refractivity contribution in [3.05, 3.63) is 86.0 Å². The van der Waals surface area contributed by atoms with Crippen LogP contribution in [0.4, 0.5) is 10.5 Å². The second-order valence-electron chi connectivity index (χ2n) is 7.04. The van der Waals surface area contributed by atoms with Gasteiger partial charge < -0.3 is 4.57 Å². The molecular weight excluding hydrogens is 439 g/mol. The number of imide groups is 1. The zero-order valence-corrected chi connectivity index (χ0v) is 18.9. The number of hydrogen-bond acceptors (Lipinski definition) is 3. The Morgan fingerprint density at radius 3 is 2.37 bits per heavy atom. The normalized spacial score (nSPS) is 15.5. The molecule has 1 saturated heterocycles. The van der Waals surface area contributed by atoms with Gasteiger partial charge in [-0.05, 0) is 92.2 Å². The van der Waals surface area contributed by atoms with Crippen LogP contribution in [0.2, 0.25) is 10.0 Å². The summed E-state index contributed by atoms with van der Waals surface area (Å²) in [7, 11) is 0. The molecule has 0 N–H and O–H groups in total. The van der Waals surface area contributed by atoms with E-state index in [0.29, 0.717) is 20.6 Å².